The number of aromatic hydroxyl groups is 1. The van der Waals surface area contributed by atoms with Crippen molar-refractivity contribution in [2.75, 3.05) is 11.9 Å². The van der Waals surface area contributed by atoms with Crippen LogP contribution in [0.3, 0.4) is 0 Å². The fourth-order valence-corrected chi connectivity index (χ4v) is 2.61. The maximum Gasteiger partial charge on any atom is 0.123 e. The molecule has 0 saturated carbocycles. The maximum absolute atomic E-state index is 9.85. The Kier molecular flexibility index (Phi) is 3.89. The SMILES string of the molecule is CC(O)c1ccc(N(C)Cc2cccs2)cc1O. The van der Waals surface area contributed by atoms with Gasteiger partial charge in [0, 0.05) is 29.2 Å². The summed E-state index contributed by atoms with van der Waals surface area (Å²) in [5, 5.41) is 21.4. The topological polar surface area (TPSA) is 43.7 Å². The van der Waals surface area contributed by atoms with Gasteiger partial charge in [-0.1, -0.05) is 12.1 Å². The highest BCUT2D eigenvalue weighted by molar-refractivity contribution is 7.09. The summed E-state index contributed by atoms with van der Waals surface area (Å²) < 4.78 is 0. The molecule has 0 amide bonds. The first-order chi connectivity index (χ1) is 8.58. The standard InChI is InChI=1S/C14H17NO2S/c1-10(16)13-6-5-11(8-14(13)17)15(2)9-12-4-3-7-18-12/h3-8,10,16-17H,9H2,1-2H3. The van der Waals surface area contributed by atoms with Crippen LogP contribution >= 0.6 is 11.3 Å². The molecule has 1 aromatic heterocycles. The number of hydrogen-bond acceptors (Lipinski definition) is 4. The lowest BCUT2D eigenvalue weighted by Gasteiger charge is -2.20. The summed E-state index contributed by atoms with van der Waals surface area (Å²) in [7, 11) is 1.98. The van der Waals surface area contributed by atoms with Crippen LogP contribution in [0.1, 0.15) is 23.5 Å². The summed E-state index contributed by atoms with van der Waals surface area (Å²) in [6, 6.07) is 9.48. The molecular weight excluding hydrogens is 246 g/mol. The average Bonchev–Trinajstić information content (AvgIpc) is 2.81. The minimum atomic E-state index is -0.651. The van der Waals surface area contributed by atoms with Crippen molar-refractivity contribution in [3.8, 4) is 5.75 Å². The first-order valence-electron chi connectivity index (χ1n) is 5.82. The smallest absolute Gasteiger partial charge is 0.123 e. The molecule has 1 atom stereocenters. The third kappa shape index (κ3) is 2.83. The number of phenols is 1. The molecule has 0 aliphatic heterocycles. The van der Waals surface area contributed by atoms with E-state index in [4.69, 9.17) is 0 Å². The van der Waals surface area contributed by atoms with Crippen LogP contribution in [0.25, 0.3) is 0 Å². The summed E-state index contributed by atoms with van der Waals surface area (Å²) in [6.45, 7) is 2.45. The lowest BCUT2D eigenvalue weighted by Crippen LogP contribution is -2.15. The van der Waals surface area contributed by atoms with Gasteiger partial charge in [-0.2, -0.15) is 0 Å². The number of phenolic OH excluding ortho intramolecular Hbond substituents is 1. The molecule has 2 N–H and O–H groups in total. The van der Waals surface area contributed by atoms with E-state index in [-0.39, 0.29) is 5.75 Å². The van der Waals surface area contributed by atoms with Crippen molar-refractivity contribution in [2.45, 2.75) is 19.6 Å². The molecule has 2 aromatic rings. The Bertz CT molecular complexity index is 509. The molecule has 0 aliphatic carbocycles. The fourth-order valence-electron chi connectivity index (χ4n) is 1.85. The van der Waals surface area contributed by atoms with Crippen LogP contribution in [-0.2, 0) is 6.54 Å². The Hall–Kier alpha value is -1.52. The van der Waals surface area contributed by atoms with E-state index in [0.29, 0.717) is 5.56 Å². The van der Waals surface area contributed by atoms with Gasteiger partial charge in [0.1, 0.15) is 5.75 Å². The van der Waals surface area contributed by atoms with Gasteiger partial charge in [0.25, 0.3) is 0 Å². The molecule has 0 saturated heterocycles. The van der Waals surface area contributed by atoms with Crippen LogP contribution in [0.15, 0.2) is 35.7 Å². The van der Waals surface area contributed by atoms with Crippen molar-refractivity contribution < 1.29 is 10.2 Å². The minimum absolute atomic E-state index is 0.139. The van der Waals surface area contributed by atoms with E-state index >= 15 is 0 Å². The van der Waals surface area contributed by atoms with E-state index in [2.05, 4.69) is 16.3 Å². The third-order valence-electron chi connectivity index (χ3n) is 2.88. The fraction of sp³-hybridized carbons (Fsp3) is 0.286. The Morgan fingerprint density at radius 1 is 1.33 bits per heavy atom. The van der Waals surface area contributed by atoms with Gasteiger partial charge < -0.3 is 15.1 Å². The Morgan fingerprint density at radius 3 is 2.67 bits per heavy atom. The highest BCUT2D eigenvalue weighted by atomic mass is 32.1. The number of rotatable bonds is 4. The lowest BCUT2D eigenvalue weighted by atomic mass is 10.1. The van der Waals surface area contributed by atoms with Crippen molar-refractivity contribution in [1.82, 2.24) is 0 Å². The van der Waals surface area contributed by atoms with Gasteiger partial charge in [-0.15, -0.1) is 11.3 Å². The van der Waals surface area contributed by atoms with Gasteiger partial charge in [-0.25, -0.2) is 0 Å². The Balaban J connectivity index is 2.16. The molecule has 0 bridgehead atoms. The molecule has 0 radical (unpaired) electrons. The second kappa shape index (κ2) is 5.42. The van der Waals surface area contributed by atoms with Crippen LogP contribution in [0, 0.1) is 0 Å². The predicted octanol–water partition coefficient (Wildman–Crippen LogP) is 3.14. The zero-order valence-electron chi connectivity index (χ0n) is 10.5. The van der Waals surface area contributed by atoms with Crippen LogP contribution in [0.5, 0.6) is 5.75 Å². The molecule has 1 heterocycles. The highest BCUT2D eigenvalue weighted by Crippen LogP contribution is 2.29. The number of nitrogens with zero attached hydrogens (tertiary/aromatic N) is 1. The first kappa shape index (κ1) is 12.9. The van der Waals surface area contributed by atoms with Gasteiger partial charge in [0.2, 0.25) is 0 Å². The number of benzene rings is 1. The van der Waals surface area contributed by atoms with Crippen LogP contribution in [0.4, 0.5) is 5.69 Å². The predicted molar refractivity (Wildman–Crippen MR) is 75.2 cm³/mol. The number of anilines is 1. The molecule has 96 valence electrons. The van der Waals surface area contributed by atoms with Crippen molar-refractivity contribution >= 4 is 17.0 Å². The first-order valence-corrected chi connectivity index (χ1v) is 6.70. The third-order valence-corrected chi connectivity index (χ3v) is 3.74. The summed E-state index contributed by atoms with van der Waals surface area (Å²) in [5.74, 6) is 0.139. The zero-order chi connectivity index (χ0) is 13.1. The lowest BCUT2D eigenvalue weighted by molar-refractivity contribution is 0.195. The number of aliphatic hydroxyl groups is 1. The van der Waals surface area contributed by atoms with Gasteiger partial charge in [0.05, 0.1) is 12.6 Å². The van der Waals surface area contributed by atoms with Gasteiger partial charge >= 0.3 is 0 Å². The minimum Gasteiger partial charge on any atom is -0.507 e. The molecule has 1 unspecified atom stereocenters. The summed E-state index contributed by atoms with van der Waals surface area (Å²) in [5.41, 5.74) is 1.49. The Morgan fingerprint density at radius 2 is 2.11 bits per heavy atom. The number of thiophene rings is 1. The van der Waals surface area contributed by atoms with Crippen LogP contribution in [0.2, 0.25) is 0 Å². The molecule has 18 heavy (non-hydrogen) atoms. The zero-order valence-corrected chi connectivity index (χ0v) is 11.3. The second-order valence-corrected chi connectivity index (χ2v) is 5.39. The van der Waals surface area contributed by atoms with Crippen LogP contribution in [-0.4, -0.2) is 17.3 Å². The Labute approximate surface area is 111 Å². The van der Waals surface area contributed by atoms with E-state index in [1.807, 2.05) is 19.2 Å². The van der Waals surface area contributed by atoms with E-state index in [0.717, 1.165) is 12.2 Å². The van der Waals surface area contributed by atoms with E-state index in [1.54, 1.807) is 30.4 Å². The summed E-state index contributed by atoms with van der Waals surface area (Å²) in [6.07, 6.45) is -0.651. The highest BCUT2D eigenvalue weighted by Gasteiger charge is 2.10. The molecule has 2 rings (SSSR count). The largest absolute Gasteiger partial charge is 0.507 e. The molecule has 0 aliphatic rings. The quantitative estimate of drug-likeness (QED) is 0.890. The van der Waals surface area contributed by atoms with Gasteiger partial charge in [-0.3, -0.25) is 0 Å². The molecule has 4 heteroatoms. The maximum atomic E-state index is 9.85. The molecule has 1 aromatic carbocycles. The molecule has 3 nitrogen and oxygen atoms in total. The van der Waals surface area contributed by atoms with Gasteiger partial charge in [0.15, 0.2) is 0 Å². The average molecular weight is 263 g/mol. The van der Waals surface area contributed by atoms with E-state index < -0.39 is 6.10 Å². The second-order valence-electron chi connectivity index (χ2n) is 4.35. The van der Waals surface area contributed by atoms with Crippen molar-refractivity contribution in [3.63, 3.8) is 0 Å². The summed E-state index contributed by atoms with van der Waals surface area (Å²) in [4.78, 5) is 3.34. The molecule has 0 fully saturated rings. The normalized spacial score (nSPS) is 12.4. The van der Waals surface area contributed by atoms with Crippen molar-refractivity contribution in [3.05, 3.63) is 46.2 Å². The number of aliphatic hydroxyl groups excluding tert-OH is 1. The monoisotopic (exact) mass is 263 g/mol. The summed E-state index contributed by atoms with van der Waals surface area (Å²) >= 11 is 1.71. The molecule has 0 spiro atoms. The van der Waals surface area contributed by atoms with Gasteiger partial charge in [-0.05, 0) is 24.4 Å². The van der Waals surface area contributed by atoms with Crippen LogP contribution < -0.4 is 4.90 Å². The van der Waals surface area contributed by atoms with Crippen molar-refractivity contribution in [2.24, 2.45) is 0 Å². The van der Waals surface area contributed by atoms with E-state index in [9.17, 15) is 10.2 Å². The van der Waals surface area contributed by atoms with E-state index in [1.165, 1.54) is 4.88 Å². The van der Waals surface area contributed by atoms with Crippen molar-refractivity contribution in [1.29, 1.82) is 0 Å². The molecular formula is C14H17NO2S. The number of hydrogen-bond donors (Lipinski definition) is 2.